The van der Waals surface area contributed by atoms with Crippen LogP contribution in [0.4, 0.5) is 0 Å². The van der Waals surface area contributed by atoms with E-state index >= 15 is 0 Å². The van der Waals surface area contributed by atoms with E-state index in [1.807, 2.05) is 12.1 Å². The predicted molar refractivity (Wildman–Crippen MR) is 58.3 cm³/mol. The summed E-state index contributed by atoms with van der Waals surface area (Å²) in [6, 6.07) is 3.77. The number of ether oxygens (including phenoxy) is 2. The number of rotatable bonds is 4. The summed E-state index contributed by atoms with van der Waals surface area (Å²) in [5.74, 6) is 6.62. The van der Waals surface area contributed by atoms with Crippen molar-refractivity contribution in [1.82, 2.24) is 5.43 Å². The molecule has 0 bridgehead atoms. The highest BCUT2D eigenvalue weighted by Crippen LogP contribution is 2.37. The van der Waals surface area contributed by atoms with Gasteiger partial charge in [0.1, 0.15) is 0 Å². The first-order valence-corrected chi connectivity index (χ1v) is 4.86. The van der Waals surface area contributed by atoms with Gasteiger partial charge in [-0.1, -0.05) is 6.07 Å². The number of benzene rings is 1. The van der Waals surface area contributed by atoms with Gasteiger partial charge in [0.15, 0.2) is 11.5 Å². The molecule has 14 heavy (non-hydrogen) atoms. The molecule has 0 saturated carbocycles. The van der Waals surface area contributed by atoms with Crippen molar-refractivity contribution in [3.63, 3.8) is 0 Å². The molecule has 0 spiro atoms. The third-order valence-corrected chi connectivity index (χ3v) is 2.73. The normalized spacial score (nSPS) is 10.0. The first kappa shape index (κ1) is 11.3. The standard InChI is InChI=1S/C9H13BrN2O2/c1-13-7-4-3-6(5-12-11)8(10)9(7)14-2/h3-4,12H,5,11H2,1-2H3. The van der Waals surface area contributed by atoms with Crippen molar-refractivity contribution in [2.24, 2.45) is 5.84 Å². The van der Waals surface area contributed by atoms with E-state index in [0.717, 1.165) is 10.0 Å². The molecule has 0 atom stereocenters. The lowest BCUT2D eigenvalue weighted by molar-refractivity contribution is 0.352. The molecule has 0 aliphatic carbocycles. The monoisotopic (exact) mass is 260 g/mol. The zero-order chi connectivity index (χ0) is 10.6. The van der Waals surface area contributed by atoms with Crippen LogP contribution in [-0.2, 0) is 6.54 Å². The van der Waals surface area contributed by atoms with Gasteiger partial charge in [-0.15, -0.1) is 0 Å². The second-order valence-electron chi connectivity index (χ2n) is 2.66. The summed E-state index contributed by atoms with van der Waals surface area (Å²) < 4.78 is 11.2. The highest BCUT2D eigenvalue weighted by atomic mass is 79.9. The quantitative estimate of drug-likeness (QED) is 0.636. The van der Waals surface area contributed by atoms with E-state index in [4.69, 9.17) is 15.3 Å². The fourth-order valence-electron chi connectivity index (χ4n) is 1.18. The second kappa shape index (κ2) is 5.19. The summed E-state index contributed by atoms with van der Waals surface area (Å²) in [6.45, 7) is 0.570. The van der Waals surface area contributed by atoms with Crippen molar-refractivity contribution < 1.29 is 9.47 Å². The van der Waals surface area contributed by atoms with Crippen molar-refractivity contribution in [1.29, 1.82) is 0 Å². The number of hydrogen-bond acceptors (Lipinski definition) is 4. The van der Waals surface area contributed by atoms with Gasteiger partial charge in [-0.2, -0.15) is 0 Å². The van der Waals surface area contributed by atoms with Gasteiger partial charge in [-0.05, 0) is 27.6 Å². The smallest absolute Gasteiger partial charge is 0.175 e. The summed E-state index contributed by atoms with van der Waals surface area (Å²) in [6.07, 6.45) is 0. The molecular formula is C9H13BrN2O2. The average molecular weight is 261 g/mol. The van der Waals surface area contributed by atoms with E-state index in [1.165, 1.54) is 0 Å². The largest absolute Gasteiger partial charge is 0.493 e. The molecule has 1 aromatic carbocycles. The second-order valence-corrected chi connectivity index (χ2v) is 3.45. The van der Waals surface area contributed by atoms with Gasteiger partial charge >= 0.3 is 0 Å². The molecular weight excluding hydrogens is 248 g/mol. The van der Waals surface area contributed by atoms with E-state index in [2.05, 4.69) is 21.4 Å². The van der Waals surface area contributed by atoms with Gasteiger partial charge in [0.05, 0.1) is 18.7 Å². The van der Waals surface area contributed by atoms with Crippen LogP contribution in [-0.4, -0.2) is 14.2 Å². The summed E-state index contributed by atoms with van der Waals surface area (Å²) in [4.78, 5) is 0. The van der Waals surface area contributed by atoms with E-state index in [1.54, 1.807) is 14.2 Å². The van der Waals surface area contributed by atoms with Crippen LogP contribution in [0, 0.1) is 0 Å². The average Bonchev–Trinajstić information content (AvgIpc) is 2.21. The molecule has 1 aromatic rings. The number of nitrogens with two attached hydrogens (primary N) is 1. The maximum absolute atomic E-state index is 5.25. The van der Waals surface area contributed by atoms with Crippen LogP contribution in [0.25, 0.3) is 0 Å². The molecule has 3 N–H and O–H groups in total. The van der Waals surface area contributed by atoms with Crippen LogP contribution >= 0.6 is 15.9 Å². The van der Waals surface area contributed by atoms with Crippen LogP contribution in [0.5, 0.6) is 11.5 Å². The Morgan fingerprint density at radius 3 is 2.57 bits per heavy atom. The van der Waals surface area contributed by atoms with Crippen molar-refractivity contribution in [3.8, 4) is 11.5 Å². The van der Waals surface area contributed by atoms with Crippen LogP contribution in [0.15, 0.2) is 16.6 Å². The molecule has 0 heterocycles. The SMILES string of the molecule is COc1ccc(CNN)c(Br)c1OC. The fourth-order valence-corrected chi connectivity index (χ4v) is 1.81. The Bertz CT molecular complexity index is 318. The van der Waals surface area contributed by atoms with Crippen LogP contribution in [0.1, 0.15) is 5.56 Å². The highest BCUT2D eigenvalue weighted by Gasteiger charge is 2.11. The Labute approximate surface area is 91.5 Å². The van der Waals surface area contributed by atoms with Gasteiger partial charge in [0.25, 0.3) is 0 Å². The minimum absolute atomic E-state index is 0.570. The van der Waals surface area contributed by atoms with Crippen molar-refractivity contribution >= 4 is 15.9 Å². The zero-order valence-corrected chi connectivity index (χ0v) is 9.72. The first-order chi connectivity index (χ1) is 6.74. The van der Waals surface area contributed by atoms with Gasteiger partial charge in [-0.25, -0.2) is 0 Å². The molecule has 0 aromatic heterocycles. The Hall–Kier alpha value is -0.780. The lowest BCUT2D eigenvalue weighted by atomic mass is 10.2. The molecule has 0 saturated heterocycles. The third-order valence-electron chi connectivity index (χ3n) is 1.86. The molecule has 0 aliphatic rings. The molecule has 0 aliphatic heterocycles. The van der Waals surface area contributed by atoms with Gasteiger partial charge in [-0.3, -0.25) is 11.3 Å². The minimum atomic E-state index is 0.570. The summed E-state index contributed by atoms with van der Waals surface area (Å²) in [5, 5.41) is 0. The van der Waals surface area contributed by atoms with Gasteiger partial charge < -0.3 is 9.47 Å². The molecule has 0 radical (unpaired) electrons. The minimum Gasteiger partial charge on any atom is -0.493 e. The molecule has 0 fully saturated rings. The summed E-state index contributed by atoms with van der Waals surface area (Å²) >= 11 is 3.43. The number of halogens is 1. The van der Waals surface area contributed by atoms with Crippen molar-refractivity contribution in [2.75, 3.05) is 14.2 Å². The molecule has 0 unspecified atom stereocenters. The van der Waals surface area contributed by atoms with Crippen molar-refractivity contribution in [2.45, 2.75) is 6.54 Å². The summed E-state index contributed by atoms with van der Waals surface area (Å²) in [5.41, 5.74) is 3.61. The van der Waals surface area contributed by atoms with Crippen LogP contribution in [0.2, 0.25) is 0 Å². The number of hydrogen-bond donors (Lipinski definition) is 2. The Morgan fingerprint density at radius 1 is 1.36 bits per heavy atom. The maximum atomic E-state index is 5.25. The maximum Gasteiger partial charge on any atom is 0.175 e. The highest BCUT2D eigenvalue weighted by molar-refractivity contribution is 9.10. The van der Waals surface area contributed by atoms with Crippen LogP contribution in [0.3, 0.4) is 0 Å². The third kappa shape index (κ3) is 2.17. The Kier molecular flexibility index (Phi) is 4.19. The number of hydrazine groups is 1. The van der Waals surface area contributed by atoms with Gasteiger partial charge in [0.2, 0.25) is 0 Å². The lowest BCUT2D eigenvalue weighted by Gasteiger charge is -2.12. The lowest BCUT2D eigenvalue weighted by Crippen LogP contribution is -2.21. The van der Waals surface area contributed by atoms with E-state index < -0.39 is 0 Å². The van der Waals surface area contributed by atoms with E-state index in [9.17, 15) is 0 Å². The fraction of sp³-hybridized carbons (Fsp3) is 0.333. The van der Waals surface area contributed by atoms with Crippen LogP contribution < -0.4 is 20.7 Å². The molecule has 5 heteroatoms. The van der Waals surface area contributed by atoms with Gasteiger partial charge in [0, 0.05) is 6.54 Å². The topological polar surface area (TPSA) is 56.5 Å². The molecule has 4 nitrogen and oxygen atoms in total. The van der Waals surface area contributed by atoms with E-state index in [-0.39, 0.29) is 0 Å². The molecule has 0 amide bonds. The predicted octanol–water partition coefficient (Wildman–Crippen LogP) is 1.43. The molecule has 78 valence electrons. The Balaban J connectivity index is 3.13. The number of nitrogens with one attached hydrogen (secondary N) is 1. The van der Waals surface area contributed by atoms with E-state index in [0.29, 0.717) is 18.0 Å². The molecule has 1 rings (SSSR count). The summed E-state index contributed by atoms with van der Waals surface area (Å²) in [7, 11) is 3.20. The zero-order valence-electron chi connectivity index (χ0n) is 8.13. The van der Waals surface area contributed by atoms with Crippen molar-refractivity contribution in [3.05, 3.63) is 22.2 Å². The first-order valence-electron chi connectivity index (χ1n) is 4.07. The Morgan fingerprint density at radius 2 is 2.07 bits per heavy atom. The number of methoxy groups -OCH3 is 2.